The van der Waals surface area contributed by atoms with E-state index in [4.69, 9.17) is 4.74 Å². The van der Waals surface area contributed by atoms with Crippen molar-refractivity contribution in [1.82, 2.24) is 0 Å². The summed E-state index contributed by atoms with van der Waals surface area (Å²) in [5.41, 5.74) is 1.59. The highest BCUT2D eigenvalue weighted by molar-refractivity contribution is 6.02. The summed E-state index contributed by atoms with van der Waals surface area (Å²) < 4.78 is 5.76. The predicted molar refractivity (Wildman–Crippen MR) is 84.7 cm³/mol. The Balaban J connectivity index is 1.85. The largest absolute Gasteiger partial charge is 0.370 e. The zero-order chi connectivity index (χ0) is 14.9. The molecule has 0 N–H and O–H groups in total. The van der Waals surface area contributed by atoms with Crippen LogP contribution in [0, 0.1) is 5.92 Å². The quantitative estimate of drug-likeness (QED) is 0.748. The molecule has 2 aliphatic rings. The van der Waals surface area contributed by atoms with Crippen LogP contribution in [-0.4, -0.2) is 18.5 Å². The van der Waals surface area contributed by atoms with E-state index in [0.717, 1.165) is 24.8 Å². The molecular formula is C19H26O2. The number of hydrogen-bond acceptors (Lipinski definition) is 2. The molecule has 2 aliphatic carbocycles. The molecule has 0 heterocycles. The van der Waals surface area contributed by atoms with Gasteiger partial charge in [0.15, 0.2) is 5.78 Å². The van der Waals surface area contributed by atoms with Gasteiger partial charge in [-0.3, -0.25) is 4.79 Å². The third-order valence-corrected chi connectivity index (χ3v) is 5.49. The zero-order valence-corrected chi connectivity index (χ0v) is 13.2. The number of rotatable bonds is 4. The first-order valence-corrected chi connectivity index (χ1v) is 8.34. The van der Waals surface area contributed by atoms with Crippen molar-refractivity contribution in [3.05, 3.63) is 35.4 Å². The first-order valence-electron chi connectivity index (χ1n) is 8.34. The second-order valence-electron chi connectivity index (χ2n) is 6.98. The lowest BCUT2D eigenvalue weighted by Crippen LogP contribution is -2.44. The summed E-state index contributed by atoms with van der Waals surface area (Å²) >= 11 is 0. The van der Waals surface area contributed by atoms with Crippen LogP contribution in [0.15, 0.2) is 24.3 Å². The van der Waals surface area contributed by atoms with Crippen LogP contribution in [0.4, 0.5) is 0 Å². The van der Waals surface area contributed by atoms with Crippen LogP contribution in [0.5, 0.6) is 0 Å². The molecule has 114 valence electrons. The molecule has 3 rings (SSSR count). The molecule has 2 fully saturated rings. The van der Waals surface area contributed by atoms with E-state index >= 15 is 0 Å². The summed E-state index contributed by atoms with van der Waals surface area (Å²) in [6.07, 6.45) is 7.87. The van der Waals surface area contributed by atoms with Crippen molar-refractivity contribution in [2.24, 2.45) is 5.92 Å². The molecule has 2 saturated carbocycles. The van der Waals surface area contributed by atoms with Crippen LogP contribution >= 0.6 is 0 Å². The maximum atomic E-state index is 13.1. The number of ketones is 1. The van der Waals surface area contributed by atoms with E-state index in [1.807, 2.05) is 12.1 Å². The van der Waals surface area contributed by atoms with Crippen molar-refractivity contribution in [1.29, 1.82) is 0 Å². The van der Waals surface area contributed by atoms with Crippen molar-refractivity contribution < 1.29 is 9.53 Å². The van der Waals surface area contributed by atoms with Gasteiger partial charge in [0.25, 0.3) is 0 Å². The van der Waals surface area contributed by atoms with Gasteiger partial charge in [-0.25, -0.2) is 0 Å². The molecule has 0 aromatic heterocycles. The Morgan fingerprint density at radius 1 is 1.24 bits per heavy atom. The van der Waals surface area contributed by atoms with Crippen LogP contribution in [0.3, 0.4) is 0 Å². The summed E-state index contributed by atoms with van der Waals surface area (Å²) in [5.74, 6) is 1.43. The van der Waals surface area contributed by atoms with E-state index in [1.165, 1.54) is 31.2 Å². The Labute approximate surface area is 127 Å². The third kappa shape index (κ3) is 2.78. The number of benzene rings is 1. The smallest absolute Gasteiger partial charge is 0.194 e. The lowest BCUT2D eigenvalue weighted by molar-refractivity contribution is -0.0302. The molecule has 1 aromatic rings. The lowest BCUT2D eigenvalue weighted by Gasteiger charge is -2.37. The summed E-state index contributed by atoms with van der Waals surface area (Å²) in [7, 11) is 1.70. The Bertz CT molecular complexity index is 518. The van der Waals surface area contributed by atoms with Gasteiger partial charge in [-0.1, -0.05) is 38.0 Å². The fraction of sp³-hybridized carbons (Fsp3) is 0.632. The normalized spacial score (nSPS) is 29.9. The van der Waals surface area contributed by atoms with Crippen molar-refractivity contribution in [2.45, 2.75) is 63.4 Å². The van der Waals surface area contributed by atoms with Crippen molar-refractivity contribution in [2.75, 3.05) is 7.11 Å². The van der Waals surface area contributed by atoms with Crippen LogP contribution in [0.2, 0.25) is 0 Å². The maximum absolute atomic E-state index is 13.1. The van der Waals surface area contributed by atoms with Crippen molar-refractivity contribution in [3.63, 3.8) is 0 Å². The standard InChI is InChI=1S/C19H26O2/c1-14-6-5-11-19(13-14,21-2)18(20)17-10-4-9-16(12-17)15-7-3-8-15/h4,9-10,12,14-15H,3,5-8,11,13H2,1-2H3. The monoisotopic (exact) mass is 286 g/mol. The topological polar surface area (TPSA) is 26.3 Å². The molecule has 0 spiro atoms. The first-order chi connectivity index (χ1) is 10.1. The molecular weight excluding hydrogens is 260 g/mol. The van der Waals surface area contributed by atoms with Crippen molar-refractivity contribution >= 4 is 5.78 Å². The van der Waals surface area contributed by atoms with E-state index in [-0.39, 0.29) is 5.78 Å². The molecule has 2 nitrogen and oxygen atoms in total. The highest BCUT2D eigenvalue weighted by Crippen LogP contribution is 2.39. The highest BCUT2D eigenvalue weighted by Gasteiger charge is 2.42. The lowest BCUT2D eigenvalue weighted by atomic mass is 9.74. The highest BCUT2D eigenvalue weighted by atomic mass is 16.5. The van der Waals surface area contributed by atoms with Gasteiger partial charge in [-0.2, -0.15) is 0 Å². The number of methoxy groups -OCH3 is 1. The Kier molecular flexibility index (Phi) is 4.17. The molecule has 2 atom stereocenters. The molecule has 2 unspecified atom stereocenters. The fourth-order valence-electron chi connectivity index (χ4n) is 3.93. The maximum Gasteiger partial charge on any atom is 0.194 e. The van der Waals surface area contributed by atoms with Gasteiger partial charge in [0.05, 0.1) is 0 Å². The minimum absolute atomic E-state index is 0.192. The van der Waals surface area contributed by atoms with E-state index in [0.29, 0.717) is 11.8 Å². The number of carbonyl (C=O) groups excluding carboxylic acids is 1. The van der Waals surface area contributed by atoms with E-state index < -0.39 is 5.60 Å². The van der Waals surface area contributed by atoms with E-state index in [9.17, 15) is 4.79 Å². The van der Waals surface area contributed by atoms with Crippen LogP contribution in [0.1, 0.15) is 73.7 Å². The molecule has 0 bridgehead atoms. The van der Waals surface area contributed by atoms with E-state index in [1.54, 1.807) is 7.11 Å². The molecule has 0 saturated heterocycles. The van der Waals surface area contributed by atoms with Gasteiger partial charge in [0.1, 0.15) is 5.60 Å². The Hall–Kier alpha value is -1.15. The Morgan fingerprint density at radius 2 is 2.05 bits per heavy atom. The van der Waals surface area contributed by atoms with Crippen LogP contribution in [-0.2, 0) is 4.74 Å². The number of Topliss-reactive ketones (excluding diaryl/α,β-unsaturated/α-hetero) is 1. The number of ether oxygens (including phenoxy) is 1. The van der Waals surface area contributed by atoms with Crippen LogP contribution < -0.4 is 0 Å². The molecule has 1 aromatic carbocycles. The summed E-state index contributed by atoms with van der Waals surface area (Å²) in [6.45, 7) is 2.23. The summed E-state index contributed by atoms with van der Waals surface area (Å²) in [6, 6.07) is 8.29. The molecule has 21 heavy (non-hydrogen) atoms. The minimum atomic E-state index is -0.587. The first kappa shape index (κ1) is 14.8. The predicted octanol–water partition coefficient (Wildman–Crippen LogP) is 4.73. The number of hydrogen-bond donors (Lipinski definition) is 0. The van der Waals surface area contributed by atoms with Crippen molar-refractivity contribution in [3.8, 4) is 0 Å². The van der Waals surface area contributed by atoms with Gasteiger partial charge in [0, 0.05) is 12.7 Å². The molecule has 0 aliphatic heterocycles. The molecule has 0 radical (unpaired) electrons. The fourth-order valence-corrected chi connectivity index (χ4v) is 3.93. The van der Waals surface area contributed by atoms with Gasteiger partial charge in [-0.05, 0) is 55.6 Å². The number of carbonyl (C=O) groups is 1. The van der Waals surface area contributed by atoms with Gasteiger partial charge in [0.2, 0.25) is 0 Å². The molecule has 0 amide bonds. The summed E-state index contributed by atoms with van der Waals surface area (Å²) in [5, 5.41) is 0. The van der Waals surface area contributed by atoms with E-state index in [2.05, 4.69) is 19.1 Å². The van der Waals surface area contributed by atoms with Gasteiger partial charge >= 0.3 is 0 Å². The van der Waals surface area contributed by atoms with Gasteiger partial charge in [-0.15, -0.1) is 0 Å². The third-order valence-electron chi connectivity index (χ3n) is 5.49. The second kappa shape index (κ2) is 5.92. The minimum Gasteiger partial charge on any atom is -0.370 e. The van der Waals surface area contributed by atoms with Gasteiger partial charge < -0.3 is 4.74 Å². The molecule has 2 heteroatoms. The summed E-state index contributed by atoms with van der Waals surface area (Å²) in [4.78, 5) is 13.1. The van der Waals surface area contributed by atoms with Crippen LogP contribution in [0.25, 0.3) is 0 Å². The second-order valence-corrected chi connectivity index (χ2v) is 6.98. The Morgan fingerprint density at radius 3 is 2.67 bits per heavy atom. The average Bonchev–Trinajstić information content (AvgIpc) is 2.45. The zero-order valence-electron chi connectivity index (χ0n) is 13.2. The SMILES string of the molecule is COC1(C(=O)c2cccc(C3CCC3)c2)CCCC(C)C1. The average molecular weight is 286 g/mol.